The molecule has 0 N–H and O–H groups in total. The van der Waals surface area contributed by atoms with Gasteiger partial charge in [0.1, 0.15) is 5.69 Å². The Kier molecular flexibility index (Phi) is 3.25. The topological polar surface area (TPSA) is 65.9 Å². The zero-order chi connectivity index (χ0) is 12.1. The van der Waals surface area contributed by atoms with E-state index in [2.05, 4.69) is 9.97 Å². The molecule has 0 unspecified atom stereocenters. The molecule has 0 fully saturated rings. The standard InChI is InChI=1S/C13H10N2O2/c16-12(10-5-1-3-7-14-10)9-13(17)11-6-2-4-8-15-11/h1-9,16H/p-1/b12-9+. The molecule has 0 aliphatic carbocycles. The van der Waals surface area contributed by atoms with Crippen molar-refractivity contribution in [2.24, 2.45) is 0 Å². The van der Waals surface area contributed by atoms with E-state index in [-0.39, 0.29) is 11.4 Å². The fourth-order valence-electron chi connectivity index (χ4n) is 1.28. The summed E-state index contributed by atoms with van der Waals surface area (Å²) in [6, 6.07) is 9.92. The van der Waals surface area contributed by atoms with Crippen LogP contribution in [0.1, 0.15) is 16.2 Å². The van der Waals surface area contributed by atoms with E-state index < -0.39 is 11.5 Å². The van der Waals surface area contributed by atoms with Gasteiger partial charge in [-0.05, 0) is 30.3 Å². The Hall–Kier alpha value is -2.49. The van der Waals surface area contributed by atoms with E-state index in [1.54, 1.807) is 36.4 Å². The van der Waals surface area contributed by atoms with Crippen LogP contribution in [0.25, 0.3) is 5.76 Å². The molecule has 0 saturated heterocycles. The number of nitrogens with zero attached hydrogens (tertiary/aromatic N) is 2. The van der Waals surface area contributed by atoms with Gasteiger partial charge in [0.15, 0.2) is 0 Å². The zero-order valence-electron chi connectivity index (χ0n) is 8.91. The Bertz CT molecular complexity index is 536. The van der Waals surface area contributed by atoms with Crippen molar-refractivity contribution < 1.29 is 9.90 Å². The maximum atomic E-state index is 11.7. The zero-order valence-corrected chi connectivity index (χ0v) is 8.91. The maximum Gasteiger partial charge on any atom is 0.203 e. The minimum absolute atomic E-state index is 0.247. The molecule has 0 radical (unpaired) electrons. The minimum atomic E-state index is -0.416. The molecule has 2 aromatic heterocycles. The Morgan fingerprint density at radius 3 is 2.12 bits per heavy atom. The van der Waals surface area contributed by atoms with Gasteiger partial charge in [-0.3, -0.25) is 14.8 Å². The highest BCUT2D eigenvalue weighted by atomic mass is 16.3. The minimum Gasteiger partial charge on any atom is -0.871 e. The van der Waals surface area contributed by atoms with Crippen molar-refractivity contribution in [2.75, 3.05) is 0 Å². The molecular formula is C13H9N2O2-. The molecule has 2 heterocycles. The number of rotatable bonds is 3. The Morgan fingerprint density at radius 2 is 1.59 bits per heavy atom. The lowest BCUT2D eigenvalue weighted by atomic mass is 10.2. The highest BCUT2D eigenvalue weighted by Crippen LogP contribution is 2.06. The highest BCUT2D eigenvalue weighted by molar-refractivity contribution is 6.06. The summed E-state index contributed by atoms with van der Waals surface area (Å²) >= 11 is 0. The molecule has 0 aromatic carbocycles. The second kappa shape index (κ2) is 5.03. The Morgan fingerprint density at radius 1 is 1.00 bits per heavy atom. The number of hydrogen-bond donors (Lipinski definition) is 0. The third-order valence-corrected chi connectivity index (χ3v) is 2.10. The van der Waals surface area contributed by atoms with Gasteiger partial charge in [0.2, 0.25) is 5.78 Å². The van der Waals surface area contributed by atoms with Crippen LogP contribution in [-0.4, -0.2) is 15.8 Å². The summed E-state index contributed by atoms with van der Waals surface area (Å²) in [5.41, 5.74) is 0.494. The lowest BCUT2D eigenvalue weighted by Gasteiger charge is -2.09. The van der Waals surface area contributed by atoms with Gasteiger partial charge in [0.05, 0.1) is 5.69 Å². The van der Waals surface area contributed by atoms with E-state index in [0.717, 1.165) is 6.08 Å². The van der Waals surface area contributed by atoms with Crippen LogP contribution >= 0.6 is 0 Å². The van der Waals surface area contributed by atoms with Crippen molar-refractivity contribution in [2.45, 2.75) is 0 Å². The summed E-state index contributed by atoms with van der Waals surface area (Å²) in [6.07, 6.45) is 4.02. The number of carbonyl (C=O) groups is 1. The third-order valence-electron chi connectivity index (χ3n) is 2.10. The number of hydrogen-bond acceptors (Lipinski definition) is 4. The first-order chi connectivity index (χ1) is 8.27. The van der Waals surface area contributed by atoms with Crippen LogP contribution in [-0.2, 0) is 0 Å². The molecule has 0 bridgehead atoms. The lowest BCUT2D eigenvalue weighted by Crippen LogP contribution is -2.08. The summed E-state index contributed by atoms with van der Waals surface area (Å²) < 4.78 is 0. The number of carbonyl (C=O) groups excluding carboxylic acids is 1. The SMILES string of the molecule is O=C(/C=C(/[O-])c1ccccn1)c1ccccn1. The molecule has 0 amide bonds. The highest BCUT2D eigenvalue weighted by Gasteiger charge is 2.02. The molecule has 0 atom stereocenters. The normalized spacial score (nSPS) is 11.2. The van der Waals surface area contributed by atoms with Crippen molar-refractivity contribution >= 4 is 11.5 Å². The van der Waals surface area contributed by atoms with Gasteiger partial charge < -0.3 is 5.11 Å². The van der Waals surface area contributed by atoms with Crippen molar-refractivity contribution in [3.63, 3.8) is 0 Å². The first kappa shape index (κ1) is 11.0. The molecule has 2 rings (SSSR count). The molecule has 4 nitrogen and oxygen atoms in total. The molecule has 17 heavy (non-hydrogen) atoms. The van der Waals surface area contributed by atoms with Gasteiger partial charge in [-0.25, -0.2) is 0 Å². The van der Waals surface area contributed by atoms with Gasteiger partial charge in [-0.1, -0.05) is 17.9 Å². The van der Waals surface area contributed by atoms with E-state index in [0.29, 0.717) is 0 Å². The van der Waals surface area contributed by atoms with Crippen molar-refractivity contribution in [1.82, 2.24) is 9.97 Å². The van der Waals surface area contributed by atoms with Gasteiger partial charge >= 0.3 is 0 Å². The fraction of sp³-hybridized carbons (Fsp3) is 0. The van der Waals surface area contributed by atoms with Gasteiger partial charge in [0, 0.05) is 12.4 Å². The van der Waals surface area contributed by atoms with Crippen LogP contribution in [0.5, 0.6) is 0 Å². The van der Waals surface area contributed by atoms with Gasteiger partial charge in [-0.2, -0.15) is 0 Å². The van der Waals surface area contributed by atoms with E-state index in [1.165, 1.54) is 12.4 Å². The van der Waals surface area contributed by atoms with Crippen LogP contribution in [0.4, 0.5) is 0 Å². The van der Waals surface area contributed by atoms with Crippen LogP contribution in [0, 0.1) is 0 Å². The van der Waals surface area contributed by atoms with E-state index in [9.17, 15) is 9.90 Å². The van der Waals surface area contributed by atoms with Crippen molar-refractivity contribution in [3.8, 4) is 0 Å². The van der Waals surface area contributed by atoms with Crippen LogP contribution in [0.3, 0.4) is 0 Å². The number of ketones is 1. The first-order valence-electron chi connectivity index (χ1n) is 5.03. The molecular weight excluding hydrogens is 216 g/mol. The van der Waals surface area contributed by atoms with Crippen LogP contribution in [0.2, 0.25) is 0 Å². The molecule has 0 spiro atoms. The molecule has 2 aromatic rings. The molecule has 4 heteroatoms. The summed E-state index contributed by atoms with van der Waals surface area (Å²) in [6.45, 7) is 0. The summed E-state index contributed by atoms with van der Waals surface area (Å²) in [7, 11) is 0. The summed E-state index contributed by atoms with van der Waals surface area (Å²) in [5.74, 6) is -0.831. The van der Waals surface area contributed by atoms with Gasteiger partial charge in [-0.15, -0.1) is 0 Å². The van der Waals surface area contributed by atoms with Crippen molar-refractivity contribution in [3.05, 3.63) is 66.3 Å². The van der Waals surface area contributed by atoms with E-state index >= 15 is 0 Å². The van der Waals surface area contributed by atoms with E-state index in [1.807, 2.05) is 0 Å². The maximum absolute atomic E-state index is 11.7. The average molecular weight is 225 g/mol. The number of aromatic nitrogens is 2. The number of allylic oxidation sites excluding steroid dienone is 1. The average Bonchev–Trinajstić information content (AvgIpc) is 2.40. The van der Waals surface area contributed by atoms with Gasteiger partial charge in [0.25, 0.3) is 0 Å². The van der Waals surface area contributed by atoms with E-state index in [4.69, 9.17) is 0 Å². The smallest absolute Gasteiger partial charge is 0.203 e. The monoisotopic (exact) mass is 225 g/mol. The second-order valence-electron chi connectivity index (χ2n) is 3.30. The Balaban J connectivity index is 2.24. The lowest BCUT2D eigenvalue weighted by molar-refractivity contribution is -0.244. The Labute approximate surface area is 98.3 Å². The summed E-state index contributed by atoms with van der Waals surface area (Å²) in [5, 5.41) is 11.7. The molecule has 0 aliphatic rings. The predicted molar refractivity (Wildman–Crippen MR) is 60.8 cm³/mol. The largest absolute Gasteiger partial charge is 0.871 e. The first-order valence-corrected chi connectivity index (χ1v) is 5.03. The number of pyridine rings is 2. The predicted octanol–water partition coefficient (Wildman–Crippen LogP) is 1.06. The molecule has 84 valence electrons. The summed E-state index contributed by atoms with van der Waals surface area (Å²) in [4.78, 5) is 19.4. The molecule has 0 saturated carbocycles. The van der Waals surface area contributed by atoms with Crippen LogP contribution in [0.15, 0.2) is 54.9 Å². The fourth-order valence-corrected chi connectivity index (χ4v) is 1.28. The second-order valence-corrected chi connectivity index (χ2v) is 3.30. The van der Waals surface area contributed by atoms with Crippen molar-refractivity contribution in [1.29, 1.82) is 0 Å². The molecule has 0 aliphatic heterocycles. The third kappa shape index (κ3) is 2.75. The quantitative estimate of drug-likeness (QED) is 0.445. The van der Waals surface area contributed by atoms with Crippen LogP contribution < -0.4 is 5.11 Å².